The molecule has 0 aliphatic rings. The second-order valence-corrected chi connectivity index (χ2v) is 16.7. The number of benzene rings is 4. The van der Waals surface area contributed by atoms with Crippen LogP contribution in [0, 0.1) is 55.4 Å². The Kier molecular flexibility index (Phi) is 12.0. The first-order valence-corrected chi connectivity index (χ1v) is 18.1. The summed E-state index contributed by atoms with van der Waals surface area (Å²) in [4.78, 5) is 0. The Bertz CT molecular complexity index is 1540. The third-order valence-corrected chi connectivity index (χ3v) is 12.7. The minimum atomic E-state index is -0.722. The Morgan fingerprint density at radius 2 is 0.711 bits per heavy atom. The summed E-state index contributed by atoms with van der Waals surface area (Å²) >= 11 is 0. The topological polar surface area (TPSA) is 0 Å². The normalized spacial score (nSPS) is 10.9. The third-order valence-electron chi connectivity index (χ3n) is 7.67. The molecule has 0 atom stereocenters. The van der Waals surface area contributed by atoms with Gasteiger partial charge in [-0.1, -0.05) is 125 Å². The molecule has 0 aromatic heterocycles. The Morgan fingerprint density at radius 1 is 0.422 bits per heavy atom. The van der Waals surface area contributed by atoms with E-state index in [1.54, 1.807) is 0 Å². The van der Waals surface area contributed by atoms with Crippen molar-refractivity contribution in [2.24, 2.45) is 0 Å². The smallest absolute Gasteiger partial charge is 0 e. The maximum atomic E-state index is 2.42. The minimum Gasteiger partial charge on any atom is -0.748 e. The number of rotatable bonds is 6. The first-order valence-electron chi connectivity index (χ1n) is 15.4. The molecule has 0 radical (unpaired) electrons. The fourth-order valence-electron chi connectivity index (χ4n) is 6.27. The largest absolute Gasteiger partial charge is 0.748 e. The Morgan fingerprint density at radius 3 is 1.02 bits per heavy atom. The number of aryl methyl sites for hydroxylation is 8. The predicted molar refractivity (Wildman–Crippen MR) is 199 cm³/mol. The summed E-state index contributed by atoms with van der Waals surface area (Å²) < 4.78 is 0. The minimum absolute atomic E-state index is 0. The Labute approximate surface area is 284 Å². The maximum absolute atomic E-state index is 2.42. The van der Waals surface area contributed by atoms with Crippen molar-refractivity contribution in [2.45, 2.75) is 55.4 Å². The molecule has 0 unspecified atom stereocenters. The fourth-order valence-corrected chi connectivity index (χ4v) is 12.3. The van der Waals surface area contributed by atoms with Gasteiger partial charge in [0.2, 0.25) is 0 Å². The molecule has 6 aromatic carbocycles. The molecule has 0 bridgehead atoms. The van der Waals surface area contributed by atoms with E-state index in [2.05, 4.69) is 146 Å². The van der Waals surface area contributed by atoms with E-state index in [1.807, 2.05) is 30.3 Å². The van der Waals surface area contributed by atoms with Gasteiger partial charge in [-0.05, 0) is 84.5 Å². The van der Waals surface area contributed by atoms with Crippen molar-refractivity contribution in [1.82, 2.24) is 0 Å². The maximum Gasteiger partial charge on any atom is 0 e. The van der Waals surface area contributed by atoms with Crippen LogP contribution in [0.15, 0.2) is 121 Å². The molecule has 3 heteroatoms. The van der Waals surface area contributed by atoms with Gasteiger partial charge in [-0.2, -0.15) is 6.07 Å². The number of hydrogen-bond acceptors (Lipinski definition) is 0. The summed E-state index contributed by atoms with van der Waals surface area (Å²) in [5, 5.41) is 8.74. The molecule has 0 fully saturated rings. The van der Waals surface area contributed by atoms with Crippen molar-refractivity contribution in [3.63, 3.8) is 0 Å². The first-order chi connectivity index (χ1) is 21.1. The second-order valence-electron chi connectivity index (χ2n) is 12.3. The molecule has 0 saturated heterocycles. The third kappa shape index (κ3) is 8.82. The standard InChI is InChI=1S/C37H39P2.C5H5.Fe/c1-24-12-25(2)17-32(16-24)38(33-18-26(3)13-27(4)19-33)36-10-9-11-37(36)39(34-20-28(5)14-29(6)21-34)35-22-30(7)15-31(8)23-35;1-2-4-5-3-1;/h9-23H,1-8H3;1-5H;/q-1;-5;. The van der Waals surface area contributed by atoms with Crippen LogP contribution >= 0.6 is 15.8 Å². The molecule has 0 saturated carbocycles. The van der Waals surface area contributed by atoms with E-state index in [4.69, 9.17) is 0 Å². The summed E-state index contributed by atoms with van der Waals surface area (Å²) in [5.74, 6) is 0. The van der Waals surface area contributed by atoms with Crippen molar-refractivity contribution >= 4 is 47.7 Å². The van der Waals surface area contributed by atoms with Crippen LogP contribution in [0.5, 0.6) is 0 Å². The van der Waals surface area contributed by atoms with Crippen molar-refractivity contribution < 1.29 is 17.1 Å². The van der Waals surface area contributed by atoms with Gasteiger partial charge in [-0.15, -0.1) is 10.6 Å². The molecule has 0 heterocycles. The van der Waals surface area contributed by atoms with Crippen molar-refractivity contribution in [3.05, 3.63) is 166 Å². The van der Waals surface area contributed by atoms with E-state index in [-0.39, 0.29) is 17.1 Å². The summed E-state index contributed by atoms with van der Waals surface area (Å²) in [6.07, 6.45) is 0. The van der Waals surface area contributed by atoms with E-state index in [0.29, 0.717) is 0 Å². The monoisotopic (exact) mass is 666 g/mol. The van der Waals surface area contributed by atoms with Gasteiger partial charge in [0.05, 0.1) is 0 Å². The molecular weight excluding hydrogens is 622 g/mol. The van der Waals surface area contributed by atoms with Crippen molar-refractivity contribution in [2.75, 3.05) is 0 Å². The molecule has 6 aromatic rings. The summed E-state index contributed by atoms with van der Waals surface area (Å²) in [5.41, 5.74) is 10.7. The van der Waals surface area contributed by atoms with Crippen LogP contribution < -0.4 is 31.8 Å². The fraction of sp³-hybridized carbons (Fsp3) is 0.190. The molecule has 236 valence electrons. The summed E-state index contributed by atoms with van der Waals surface area (Å²) in [6, 6.07) is 45.7. The first kappa shape index (κ1) is 34.8. The molecule has 6 rings (SSSR count). The molecule has 0 aliphatic heterocycles. The average Bonchev–Trinajstić information content (AvgIpc) is 3.63. The van der Waals surface area contributed by atoms with E-state index >= 15 is 0 Å². The van der Waals surface area contributed by atoms with Crippen LogP contribution in [0.25, 0.3) is 0 Å². The van der Waals surface area contributed by atoms with Gasteiger partial charge >= 0.3 is 0 Å². The van der Waals surface area contributed by atoms with Gasteiger partial charge in [-0.25, -0.2) is 12.1 Å². The zero-order chi connectivity index (χ0) is 31.4. The van der Waals surface area contributed by atoms with E-state index in [1.165, 1.54) is 76.3 Å². The van der Waals surface area contributed by atoms with Crippen LogP contribution in [0.3, 0.4) is 0 Å². The number of hydrogen-bond donors (Lipinski definition) is 0. The summed E-state index contributed by atoms with van der Waals surface area (Å²) in [7, 11) is -1.44. The van der Waals surface area contributed by atoms with Gasteiger partial charge in [-0.3, -0.25) is 0 Å². The van der Waals surface area contributed by atoms with Crippen LogP contribution in [-0.2, 0) is 17.1 Å². The van der Waals surface area contributed by atoms with Crippen LogP contribution in [0.2, 0.25) is 0 Å². The van der Waals surface area contributed by atoms with Crippen molar-refractivity contribution in [1.29, 1.82) is 0 Å². The van der Waals surface area contributed by atoms with Gasteiger partial charge in [0, 0.05) is 17.1 Å². The van der Waals surface area contributed by atoms with E-state index in [0.717, 1.165) is 0 Å². The Hall–Kier alpha value is -3.04. The van der Waals surface area contributed by atoms with E-state index in [9.17, 15) is 0 Å². The van der Waals surface area contributed by atoms with Gasteiger partial charge < -0.3 is 30.3 Å². The molecule has 0 spiro atoms. The molecule has 45 heavy (non-hydrogen) atoms. The molecular formula is C42H44FeP2-6. The van der Waals surface area contributed by atoms with E-state index < -0.39 is 15.8 Å². The van der Waals surface area contributed by atoms with Crippen LogP contribution in [0.4, 0.5) is 0 Å². The average molecular weight is 667 g/mol. The zero-order valence-electron chi connectivity index (χ0n) is 27.8. The van der Waals surface area contributed by atoms with Crippen LogP contribution in [-0.4, -0.2) is 0 Å². The van der Waals surface area contributed by atoms with Crippen LogP contribution in [0.1, 0.15) is 44.5 Å². The van der Waals surface area contributed by atoms with Gasteiger partial charge in [0.25, 0.3) is 0 Å². The van der Waals surface area contributed by atoms with Gasteiger partial charge in [0.15, 0.2) is 0 Å². The SMILES string of the molecule is Cc1cc(C)cc(P(c2cc(C)cc(C)c2)c2ccc[c-]2P(c2cc(C)cc(C)c2)c2cc(C)cc(C)c2)c1.[Fe].[cH-]1[cH-][cH-][cH-][cH-]1. The molecule has 0 nitrogen and oxygen atoms in total. The second kappa shape index (κ2) is 15.5. The molecule has 0 aliphatic carbocycles. The van der Waals surface area contributed by atoms with Crippen molar-refractivity contribution in [3.8, 4) is 0 Å². The summed E-state index contributed by atoms with van der Waals surface area (Å²) in [6.45, 7) is 17.9. The predicted octanol–water partition coefficient (Wildman–Crippen LogP) is 8.79. The Balaban J connectivity index is 0.000000700. The quantitative estimate of drug-likeness (QED) is 0.0948. The molecule has 0 amide bonds. The molecule has 0 N–H and O–H groups in total. The van der Waals surface area contributed by atoms with Gasteiger partial charge in [0.1, 0.15) is 0 Å². The zero-order valence-corrected chi connectivity index (χ0v) is 30.7.